The summed E-state index contributed by atoms with van der Waals surface area (Å²) in [6.45, 7) is 1.21. The second-order valence-corrected chi connectivity index (χ2v) is 7.28. The normalized spacial score (nSPS) is 19.6. The van der Waals surface area contributed by atoms with Crippen LogP contribution < -0.4 is 0 Å². The molecule has 0 amide bonds. The van der Waals surface area contributed by atoms with Crippen LogP contribution in [0.2, 0.25) is 0 Å². The van der Waals surface area contributed by atoms with Crippen molar-refractivity contribution in [3.63, 3.8) is 0 Å². The van der Waals surface area contributed by atoms with Gasteiger partial charge >= 0.3 is 0 Å². The van der Waals surface area contributed by atoms with Gasteiger partial charge in [0.25, 0.3) is 0 Å². The predicted molar refractivity (Wildman–Crippen MR) is 85.3 cm³/mol. The second-order valence-electron chi connectivity index (χ2n) is 5.39. The van der Waals surface area contributed by atoms with Gasteiger partial charge in [0.2, 0.25) is 10.0 Å². The summed E-state index contributed by atoms with van der Waals surface area (Å²) in [5, 5.41) is 0. The first-order valence-electron chi connectivity index (χ1n) is 7.57. The SMILES string of the molecule is O=S(=O)(c1ccccc1)N1CCOC[C@H]1CCc1cnccn1. The molecule has 1 fully saturated rings. The Morgan fingerprint density at radius 2 is 2.04 bits per heavy atom. The third-order valence-corrected chi connectivity index (χ3v) is 5.84. The first kappa shape index (κ1) is 16.0. The van der Waals surface area contributed by atoms with Crippen LogP contribution in [0.3, 0.4) is 0 Å². The van der Waals surface area contributed by atoms with Gasteiger partial charge in [-0.25, -0.2) is 8.42 Å². The van der Waals surface area contributed by atoms with Gasteiger partial charge < -0.3 is 4.74 Å². The van der Waals surface area contributed by atoms with Crippen LogP contribution in [-0.4, -0.2) is 48.5 Å². The third kappa shape index (κ3) is 3.74. The van der Waals surface area contributed by atoms with E-state index < -0.39 is 10.0 Å². The van der Waals surface area contributed by atoms with Crippen LogP contribution in [0.25, 0.3) is 0 Å². The summed E-state index contributed by atoms with van der Waals surface area (Å²) >= 11 is 0. The number of benzene rings is 1. The second kappa shape index (κ2) is 7.16. The highest BCUT2D eigenvalue weighted by molar-refractivity contribution is 7.89. The number of morpholine rings is 1. The molecule has 0 saturated carbocycles. The lowest BCUT2D eigenvalue weighted by molar-refractivity contribution is 0.0297. The molecule has 0 spiro atoms. The molecule has 1 aromatic carbocycles. The lowest BCUT2D eigenvalue weighted by Gasteiger charge is -2.34. The van der Waals surface area contributed by atoms with Crippen molar-refractivity contribution in [2.45, 2.75) is 23.8 Å². The van der Waals surface area contributed by atoms with Gasteiger partial charge in [-0.2, -0.15) is 4.31 Å². The smallest absolute Gasteiger partial charge is 0.243 e. The van der Waals surface area contributed by atoms with Gasteiger partial charge in [-0.1, -0.05) is 18.2 Å². The summed E-state index contributed by atoms with van der Waals surface area (Å²) in [6, 6.07) is 8.36. The fraction of sp³-hybridized carbons (Fsp3) is 0.375. The Morgan fingerprint density at radius 1 is 1.22 bits per heavy atom. The number of aromatic nitrogens is 2. The number of hydrogen-bond acceptors (Lipinski definition) is 5. The zero-order valence-corrected chi connectivity index (χ0v) is 13.5. The lowest BCUT2D eigenvalue weighted by atomic mass is 10.1. The molecular weight excluding hydrogens is 314 g/mol. The van der Waals surface area contributed by atoms with Gasteiger partial charge in [0.05, 0.1) is 23.8 Å². The van der Waals surface area contributed by atoms with E-state index in [1.165, 1.54) is 0 Å². The molecule has 1 atom stereocenters. The highest BCUT2D eigenvalue weighted by atomic mass is 32.2. The number of aryl methyl sites for hydroxylation is 1. The van der Waals surface area contributed by atoms with Crippen LogP contribution in [0.15, 0.2) is 53.8 Å². The molecule has 0 unspecified atom stereocenters. The summed E-state index contributed by atoms with van der Waals surface area (Å²) in [4.78, 5) is 8.60. The zero-order valence-electron chi connectivity index (χ0n) is 12.7. The van der Waals surface area contributed by atoms with E-state index >= 15 is 0 Å². The van der Waals surface area contributed by atoms with E-state index in [0.717, 1.165) is 5.69 Å². The van der Waals surface area contributed by atoms with E-state index in [1.807, 2.05) is 6.07 Å². The summed E-state index contributed by atoms with van der Waals surface area (Å²) < 4.78 is 32.8. The zero-order chi connectivity index (χ0) is 16.1. The molecule has 7 heteroatoms. The first-order valence-corrected chi connectivity index (χ1v) is 9.01. The topological polar surface area (TPSA) is 72.4 Å². The van der Waals surface area contributed by atoms with Gasteiger partial charge in [0.15, 0.2) is 0 Å². The Hall–Kier alpha value is -1.83. The van der Waals surface area contributed by atoms with Gasteiger partial charge in [-0.05, 0) is 25.0 Å². The maximum Gasteiger partial charge on any atom is 0.243 e. The fourth-order valence-corrected chi connectivity index (χ4v) is 4.33. The minimum Gasteiger partial charge on any atom is -0.378 e. The quantitative estimate of drug-likeness (QED) is 0.829. The Balaban J connectivity index is 1.76. The minimum absolute atomic E-state index is 0.184. The molecule has 1 aliphatic heterocycles. The van der Waals surface area contributed by atoms with Crippen LogP contribution in [0.4, 0.5) is 0 Å². The van der Waals surface area contributed by atoms with Gasteiger partial charge in [-0.15, -0.1) is 0 Å². The average molecular weight is 333 g/mol. The molecule has 1 saturated heterocycles. The maximum atomic E-state index is 12.9. The summed E-state index contributed by atoms with van der Waals surface area (Å²) in [5.74, 6) is 0. The third-order valence-electron chi connectivity index (χ3n) is 3.87. The molecule has 6 nitrogen and oxygen atoms in total. The summed E-state index contributed by atoms with van der Waals surface area (Å²) in [5.41, 5.74) is 0.857. The van der Waals surface area contributed by atoms with E-state index in [1.54, 1.807) is 47.2 Å². The molecule has 2 aromatic rings. The summed E-state index contributed by atoms with van der Waals surface area (Å²) in [6.07, 6.45) is 6.30. The lowest BCUT2D eigenvalue weighted by Crippen LogP contribution is -2.48. The van der Waals surface area contributed by atoms with Crippen LogP contribution in [-0.2, 0) is 21.2 Å². The van der Waals surface area contributed by atoms with E-state index in [4.69, 9.17) is 4.74 Å². The number of hydrogen-bond donors (Lipinski definition) is 0. The molecular formula is C16H19N3O3S. The van der Waals surface area contributed by atoms with Crippen molar-refractivity contribution in [3.05, 3.63) is 54.6 Å². The predicted octanol–water partition coefficient (Wildman–Crippen LogP) is 1.50. The van der Waals surface area contributed by atoms with E-state index in [2.05, 4.69) is 9.97 Å². The fourth-order valence-electron chi connectivity index (χ4n) is 2.68. The minimum atomic E-state index is -3.50. The average Bonchev–Trinajstić information content (AvgIpc) is 2.62. The molecule has 0 N–H and O–H groups in total. The Kier molecular flexibility index (Phi) is 5.00. The summed E-state index contributed by atoms with van der Waals surface area (Å²) in [7, 11) is -3.50. The Bertz CT molecular complexity index is 723. The monoisotopic (exact) mass is 333 g/mol. The van der Waals surface area contributed by atoms with Crippen molar-refractivity contribution in [2.24, 2.45) is 0 Å². The Labute approximate surface area is 136 Å². The highest BCUT2D eigenvalue weighted by Crippen LogP contribution is 2.22. The molecule has 0 aliphatic carbocycles. The first-order chi connectivity index (χ1) is 11.2. The van der Waals surface area contributed by atoms with E-state index in [0.29, 0.717) is 37.5 Å². The van der Waals surface area contributed by atoms with Crippen LogP contribution >= 0.6 is 0 Å². The van der Waals surface area contributed by atoms with Gasteiger partial charge in [0, 0.05) is 31.2 Å². The largest absolute Gasteiger partial charge is 0.378 e. The highest BCUT2D eigenvalue weighted by Gasteiger charge is 2.33. The van der Waals surface area contributed by atoms with Crippen LogP contribution in [0.5, 0.6) is 0 Å². The van der Waals surface area contributed by atoms with Crippen molar-refractivity contribution >= 4 is 10.0 Å². The van der Waals surface area contributed by atoms with Crippen LogP contribution in [0, 0.1) is 0 Å². The standard InChI is InChI=1S/C16H19N3O3S/c20-23(21,16-4-2-1-3-5-16)19-10-11-22-13-15(19)7-6-14-12-17-8-9-18-14/h1-5,8-9,12,15H,6-7,10-11,13H2/t15-/m1/s1. The van der Waals surface area contributed by atoms with Crippen molar-refractivity contribution in [1.82, 2.24) is 14.3 Å². The molecule has 122 valence electrons. The molecule has 23 heavy (non-hydrogen) atoms. The molecule has 3 rings (SSSR count). The molecule has 1 aliphatic rings. The number of sulfonamides is 1. The van der Waals surface area contributed by atoms with E-state index in [9.17, 15) is 8.42 Å². The Morgan fingerprint density at radius 3 is 2.78 bits per heavy atom. The number of nitrogens with zero attached hydrogens (tertiary/aromatic N) is 3. The number of ether oxygens (including phenoxy) is 1. The number of rotatable bonds is 5. The molecule has 1 aromatic heterocycles. The van der Waals surface area contributed by atoms with Crippen LogP contribution in [0.1, 0.15) is 12.1 Å². The van der Waals surface area contributed by atoms with Crippen molar-refractivity contribution in [1.29, 1.82) is 0 Å². The van der Waals surface area contributed by atoms with Gasteiger partial charge in [-0.3, -0.25) is 9.97 Å². The molecule has 0 radical (unpaired) electrons. The van der Waals surface area contributed by atoms with Crippen molar-refractivity contribution in [2.75, 3.05) is 19.8 Å². The van der Waals surface area contributed by atoms with Crippen molar-refractivity contribution in [3.8, 4) is 0 Å². The molecule has 2 heterocycles. The van der Waals surface area contributed by atoms with E-state index in [-0.39, 0.29) is 6.04 Å². The maximum absolute atomic E-state index is 12.9. The van der Waals surface area contributed by atoms with Gasteiger partial charge in [0.1, 0.15) is 0 Å². The molecule has 0 bridgehead atoms. The van der Waals surface area contributed by atoms with Crippen molar-refractivity contribution < 1.29 is 13.2 Å².